The highest BCUT2D eigenvalue weighted by Gasteiger charge is 2.25. The van der Waals surface area contributed by atoms with E-state index in [0.29, 0.717) is 12.0 Å². The Balaban J connectivity index is 2.06. The molecule has 1 aromatic heterocycles. The molecule has 1 aliphatic rings. The van der Waals surface area contributed by atoms with Gasteiger partial charge in [-0.25, -0.2) is 4.39 Å². The summed E-state index contributed by atoms with van der Waals surface area (Å²) in [4.78, 5) is 3.20. The van der Waals surface area contributed by atoms with Gasteiger partial charge in [-0.15, -0.1) is 0 Å². The lowest BCUT2D eigenvalue weighted by Gasteiger charge is -2.07. The van der Waals surface area contributed by atoms with Gasteiger partial charge in [-0.2, -0.15) is 0 Å². The summed E-state index contributed by atoms with van der Waals surface area (Å²) in [5.74, 6) is 0.321. The van der Waals surface area contributed by atoms with Crippen LogP contribution in [-0.2, 0) is 0 Å². The van der Waals surface area contributed by atoms with E-state index in [9.17, 15) is 4.39 Å². The van der Waals surface area contributed by atoms with Gasteiger partial charge in [-0.3, -0.25) is 0 Å². The Hall–Kier alpha value is -1.35. The number of H-pyrrole nitrogens is 1. The first-order valence-corrected chi connectivity index (χ1v) is 5.76. The highest BCUT2D eigenvalue weighted by atomic mass is 19.1. The number of benzene rings is 1. The predicted molar refractivity (Wildman–Crippen MR) is 62.8 cm³/mol. The van der Waals surface area contributed by atoms with Gasteiger partial charge < -0.3 is 10.7 Å². The number of aromatic amines is 1. The molecule has 1 saturated carbocycles. The molecule has 1 aliphatic carbocycles. The average Bonchev–Trinajstić information content (AvgIpc) is 2.83. The molecule has 3 heteroatoms. The van der Waals surface area contributed by atoms with Crippen molar-refractivity contribution in [3.05, 3.63) is 35.8 Å². The maximum atomic E-state index is 13.2. The summed E-state index contributed by atoms with van der Waals surface area (Å²) in [5.41, 5.74) is 8.16. The first-order chi connectivity index (χ1) is 7.74. The molecule has 2 aromatic rings. The molecule has 0 unspecified atom stereocenters. The van der Waals surface area contributed by atoms with Crippen LogP contribution in [0.1, 0.15) is 30.7 Å². The van der Waals surface area contributed by atoms with Gasteiger partial charge >= 0.3 is 0 Å². The summed E-state index contributed by atoms with van der Waals surface area (Å²) >= 11 is 0. The molecule has 1 aromatic carbocycles. The fraction of sp³-hybridized carbons (Fsp3) is 0.385. The van der Waals surface area contributed by atoms with Gasteiger partial charge in [0.05, 0.1) is 0 Å². The molecule has 2 atom stereocenters. The van der Waals surface area contributed by atoms with E-state index in [0.717, 1.165) is 30.2 Å². The monoisotopic (exact) mass is 218 g/mol. The quantitative estimate of drug-likeness (QED) is 0.759. The first kappa shape index (κ1) is 9.85. The summed E-state index contributed by atoms with van der Waals surface area (Å²) in [7, 11) is 0. The number of aromatic nitrogens is 1. The second kappa shape index (κ2) is 3.59. The van der Waals surface area contributed by atoms with Gasteiger partial charge in [-0.05, 0) is 48.9 Å². The van der Waals surface area contributed by atoms with E-state index < -0.39 is 0 Å². The van der Waals surface area contributed by atoms with E-state index in [1.807, 2.05) is 6.20 Å². The topological polar surface area (TPSA) is 41.8 Å². The van der Waals surface area contributed by atoms with E-state index in [2.05, 4.69) is 4.98 Å². The van der Waals surface area contributed by atoms with E-state index in [-0.39, 0.29) is 5.82 Å². The number of rotatable bonds is 1. The predicted octanol–water partition coefficient (Wildman–Crippen LogP) is 2.90. The molecule has 0 bridgehead atoms. The number of hydrogen-bond donors (Lipinski definition) is 2. The Morgan fingerprint density at radius 3 is 2.94 bits per heavy atom. The maximum Gasteiger partial charge on any atom is 0.123 e. The maximum absolute atomic E-state index is 13.2. The van der Waals surface area contributed by atoms with Gasteiger partial charge in [0, 0.05) is 23.1 Å². The molecule has 1 heterocycles. The minimum Gasteiger partial charge on any atom is -0.361 e. The summed E-state index contributed by atoms with van der Waals surface area (Å²) in [6.07, 6.45) is 5.22. The van der Waals surface area contributed by atoms with Crippen molar-refractivity contribution >= 4 is 10.9 Å². The third-order valence-corrected chi connectivity index (χ3v) is 3.59. The van der Waals surface area contributed by atoms with Crippen LogP contribution >= 0.6 is 0 Å². The second-order valence-corrected chi connectivity index (χ2v) is 4.70. The van der Waals surface area contributed by atoms with Crippen LogP contribution < -0.4 is 5.73 Å². The molecule has 16 heavy (non-hydrogen) atoms. The summed E-state index contributed by atoms with van der Waals surface area (Å²) in [6, 6.07) is 5.21. The fourth-order valence-corrected chi connectivity index (χ4v) is 2.75. The lowest BCUT2D eigenvalue weighted by atomic mass is 9.97. The number of fused-ring (bicyclic) bond motifs is 1. The molecular weight excluding hydrogens is 203 g/mol. The Morgan fingerprint density at radius 1 is 1.31 bits per heavy atom. The molecule has 84 valence electrons. The van der Waals surface area contributed by atoms with Crippen molar-refractivity contribution in [1.29, 1.82) is 0 Å². The zero-order valence-corrected chi connectivity index (χ0v) is 9.04. The summed E-state index contributed by atoms with van der Waals surface area (Å²) in [5, 5.41) is 1.01. The normalized spacial score (nSPS) is 25.4. The molecular formula is C13H15FN2. The number of nitrogens with one attached hydrogen (secondary N) is 1. The zero-order chi connectivity index (χ0) is 11.1. The van der Waals surface area contributed by atoms with Crippen molar-refractivity contribution in [2.24, 2.45) is 5.73 Å². The molecule has 0 spiro atoms. The first-order valence-electron chi connectivity index (χ1n) is 5.76. The van der Waals surface area contributed by atoms with Gasteiger partial charge in [-0.1, -0.05) is 0 Å². The Kier molecular flexibility index (Phi) is 2.21. The summed E-state index contributed by atoms with van der Waals surface area (Å²) < 4.78 is 13.2. The Bertz CT molecular complexity index is 518. The lowest BCUT2D eigenvalue weighted by molar-refractivity contribution is 0.629. The second-order valence-electron chi connectivity index (χ2n) is 4.70. The minimum absolute atomic E-state index is 0.171. The van der Waals surface area contributed by atoms with Gasteiger partial charge in [0.15, 0.2) is 0 Å². The van der Waals surface area contributed by atoms with E-state index in [1.165, 1.54) is 11.6 Å². The Labute approximate surface area is 93.6 Å². The highest BCUT2D eigenvalue weighted by molar-refractivity contribution is 5.83. The highest BCUT2D eigenvalue weighted by Crippen LogP contribution is 2.37. The number of nitrogens with two attached hydrogens (primary N) is 1. The van der Waals surface area contributed by atoms with Crippen molar-refractivity contribution in [3.63, 3.8) is 0 Å². The van der Waals surface area contributed by atoms with Gasteiger partial charge in [0.1, 0.15) is 5.82 Å². The van der Waals surface area contributed by atoms with Crippen molar-refractivity contribution in [2.75, 3.05) is 0 Å². The SMILES string of the molecule is N[C@@H]1CC[C@@H](c2c[nH]c3ccc(F)cc23)C1. The van der Waals surface area contributed by atoms with Crippen LogP contribution in [0.25, 0.3) is 10.9 Å². The van der Waals surface area contributed by atoms with E-state index in [4.69, 9.17) is 5.73 Å². The van der Waals surface area contributed by atoms with Crippen molar-refractivity contribution in [2.45, 2.75) is 31.2 Å². The van der Waals surface area contributed by atoms with E-state index in [1.54, 1.807) is 12.1 Å². The van der Waals surface area contributed by atoms with Crippen LogP contribution in [0.3, 0.4) is 0 Å². The lowest BCUT2D eigenvalue weighted by Crippen LogP contribution is -2.14. The molecule has 0 radical (unpaired) electrons. The van der Waals surface area contributed by atoms with E-state index >= 15 is 0 Å². The average molecular weight is 218 g/mol. The van der Waals surface area contributed by atoms with Crippen molar-refractivity contribution in [3.8, 4) is 0 Å². The third-order valence-electron chi connectivity index (χ3n) is 3.59. The molecule has 0 saturated heterocycles. The summed E-state index contributed by atoms with van der Waals surface area (Å²) in [6.45, 7) is 0. The molecule has 0 aliphatic heterocycles. The van der Waals surface area contributed by atoms with Gasteiger partial charge in [0.25, 0.3) is 0 Å². The van der Waals surface area contributed by atoms with Crippen LogP contribution in [0.15, 0.2) is 24.4 Å². The smallest absolute Gasteiger partial charge is 0.123 e. The number of halogens is 1. The molecule has 0 amide bonds. The van der Waals surface area contributed by atoms with Crippen molar-refractivity contribution in [1.82, 2.24) is 4.98 Å². The molecule has 3 N–H and O–H groups in total. The zero-order valence-electron chi connectivity index (χ0n) is 9.04. The third kappa shape index (κ3) is 1.52. The van der Waals surface area contributed by atoms with Crippen LogP contribution in [0, 0.1) is 5.82 Å². The largest absolute Gasteiger partial charge is 0.361 e. The molecule has 3 rings (SSSR count). The van der Waals surface area contributed by atoms with Crippen LogP contribution in [0.5, 0.6) is 0 Å². The van der Waals surface area contributed by atoms with Gasteiger partial charge in [0.2, 0.25) is 0 Å². The number of hydrogen-bond acceptors (Lipinski definition) is 1. The van der Waals surface area contributed by atoms with Crippen LogP contribution in [0.4, 0.5) is 4.39 Å². The Morgan fingerprint density at radius 2 is 2.19 bits per heavy atom. The van der Waals surface area contributed by atoms with Crippen LogP contribution in [-0.4, -0.2) is 11.0 Å². The van der Waals surface area contributed by atoms with Crippen molar-refractivity contribution < 1.29 is 4.39 Å². The minimum atomic E-state index is -0.171. The fourth-order valence-electron chi connectivity index (χ4n) is 2.75. The standard InChI is InChI=1S/C13H15FN2/c14-9-2-4-13-11(6-9)12(7-16-13)8-1-3-10(15)5-8/h2,4,6-8,10,16H,1,3,5,15H2/t8-,10-/m1/s1. The molecule has 2 nitrogen and oxygen atoms in total. The molecule has 1 fully saturated rings. The van der Waals surface area contributed by atoms with Crippen LogP contribution in [0.2, 0.25) is 0 Å².